The minimum absolute atomic E-state index is 0.465. The van der Waals surface area contributed by atoms with Crippen LogP contribution < -0.4 is 4.80 Å². The van der Waals surface area contributed by atoms with Gasteiger partial charge in [0.1, 0.15) is 0 Å². The molecule has 3 nitrogen and oxygen atoms in total. The molecular formula is C24H24ClN3S. The van der Waals surface area contributed by atoms with Crippen molar-refractivity contribution in [2.45, 2.75) is 33.1 Å². The largest absolute Gasteiger partial charge is 0.219 e. The average molecular weight is 422 g/mol. The van der Waals surface area contributed by atoms with E-state index >= 15 is 0 Å². The molecule has 0 N–H and O–H groups in total. The third-order valence-corrected chi connectivity index (χ3v) is 6.21. The van der Waals surface area contributed by atoms with Crippen LogP contribution in [0.15, 0.2) is 70.1 Å². The van der Waals surface area contributed by atoms with Crippen LogP contribution in [-0.4, -0.2) is 10.9 Å². The molecule has 0 saturated carbocycles. The van der Waals surface area contributed by atoms with Gasteiger partial charge >= 0.3 is 0 Å². The van der Waals surface area contributed by atoms with Gasteiger partial charge in [-0.2, -0.15) is 5.10 Å². The van der Waals surface area contributed by atoms with Crippen molar-refractivity contribution < 1.29 is 0 Å². The molecular weight excluding hydrogens is 398 g/mol. The smallest absolute Gasteiger partial charge is 0.211 e. The first-order chi connectivity index (χ1) is 14.1. The zero-order chi connectivity index (χ0) is 20.2. The van der Waals surface area contributed by atoms with Gasteiger partial charge in [-0.15, -0.1) is 11.3 Å². The number of aryl methyl sites for hydroxylation is 2. The molecule has 4 rings (SSSR count). The number of benzene rings is 2. The van der Waals surface area contributed by atoms with Gasteiger partial charge in [0.2, 0.25) is 4.80 Å². The minimum Gasteiger partial charge on any atom is -0.219 e. The lowest BCUT2D eigenvalue weighted by molar-refractivity contribution is 0.622. The first-order valence-corrected chi connectivity index (χ1v) is 11.1. The summed E-state index contributed by atoms with van der Waals surface area (Å²) in [5.74, 6) is 0.465. The molecule has 0 spiro atoms. The van der Waals surface area contributed by atoms with Crippen LogP contribution in [0.5, 0.6) is 0 Å². The van der Waals surface area contributed by atoms with Crippen molar-refractivity contribution in [3.63, 3.8) is 0 Å². The van der Waals surface area contributed by atoms with E-state index in [1.807, 2.05) is 22.9 Å². The van der Waals surface area contributed by atoms with Crippen LogP contribution in [-0.2, 0) is 0 Å². The molecule has 3 aromatic rings. The van der Waals surface area contributed by atoms with Crippen molar-refractivity contribution in [3.05, 3.63) is 80.9 Å². The van der Waals surface area contributed by atoms with E-state index in [0.29, 0.717) is 5.92 Å². The Balaban J connectivity index is 1.84. The Hall–Kier alpha value is -2.43. The van der Waals surface area contributed by atoms with Crippen LogP contribution in [0, 0.1) is 19.8 Å². The van der Waals surface area contributed by atoms with Crippen molar-refractivity contribution >= 4 is 34.8 Å². The summed E-state index contributed by atoms with van der Waals surface area (Å²) < 4.78 is 1.96. The number of nitrogens with zero attached hydrogens (tertiary/aromatic N) is 3. The maximum atomic E-state index is 6.25. The molecule has 0 unspecified atom stereocenters. The maximum absolute atomic E-state index is 6.25. The van der Waals surface area contributed by atoms with Gasteiger partial charge in [0, 0.05) is 22.2 Å². The molecule has 1 aliphatic carbocycles. The predicted octanol–water partition coefficient (Wildman–Crippen LogP) is 6.91. The van der Waals surface area contributed by atoms with Gasteiger partial charge in [0.05, 0.1) is 11.4 Å². The van der Waals surface area contributed by atoms with E-state index in [4.69, 9.17) is 21.7 Å². The molecule has 0 bridgehead atoms. The second kappa shape index (κ2) is 8.93. The van der Waals surface area contributed by atoms with E-state index < -0.39 is 0 Å². The summed E-state index contributed by atoms with van der Waals surface area (Å²) >= 11 is 7.85. The van der Waals surface area contributed by atoms with Gasteiger partial charge in [-0.1, -0.05) is 54.1 Å². The summed E-state index contributed by atoms with van der Waals surface area (Å²) in [6.07, 6.45) is 9.88. The lowest BCUT2D eigenvalue weighted by atomic mass is 9.96. The van der Waals surface area contributed by atoms with E-state index in [0.717, 1.165) is 57.2 Å². The summed E-state index contributed by atoms with van der Waals surface area (Å²) in [5.41, 5.74) is 5.38. The van der Waals surface area contributed by atoms with Crippen LogP contribution >= 0.6 is 22.9 Å². The summed E-state index contributed by atoms with van der Waals surface area (Å²) in [5, 5.41) is 7.71. The fourth-order valence-electron chi connectivity index (χ4n) is 3.53. The van der Waals surface area contributed by atoms with Crippen molar-refractivity contribution in [2.75, 3.05) is 0 Å². The summed E-state index contributed by atoms with van der Waals surface area (Å²) in [6.45, 7) is 4.19. The highest BCUT2D eigenvalue weighted by Gasteiger charge is 2.11. The number of halogens is 1. The molecule has 1 heterocycles. The van der Waals surface area contributed by atoms with Crippen LogP contribution in [0.1, 0.15) is 30.4 Å². The second-order valence-electron chi connectivity index (χ2n) is 7.39. The Morgan fingerprint density at radius 2 is 1.90 bits per heavy atom. The molecule has 2 aromatic carbocycles. The number of thiazole rings is 1. The number of rotatable bonds is 4. The Kier molecular flexibility index (Phi) is 6.12. The molecule has 148 valence electrons. The lowest BCUT2D eigenvalue weighted by Crippen LogP contribution is -2.14. The molecule has 0 amide bonds. The topological polar surface area (TPSA) is 29.6 Å². The summed E-state index contributed by atoms with van der Waals surface area (Å²) in [7, 11) is 0. The molecule has 0 aliphatic heterocycles. The molecule has 5 heteroatoms. The van der Waals surface area contributed by atoms with Crippen molar-refractivity contribution in [2.24, 2.45) is 16.0 Å². The second-order valence-corrected chi connectivity index (χ2v) is 8.66. The Morgan fingerprint density at radius 3 is 2.62 bits per heavy atom. The van der Waals surface area contributed by atoms with E-state index in [9.17, 15) is 0 Å². The Labute approximate surface area is 180 Å². The lowest BCUT2D eigenvalue weighted by Gasteiger charge is -2.12. The van der Waals surface area contributed by atoms with Crippen LogP contribution in [0.4, 0.5) is 5.69 Å². The highest BCUT2D eigenvalue weighted by atomic mass is 35.5. The number of para-hydroxylation sites is 1. The number of aromatic nitrogens is 1. The van der Waals surface area contributed by atoms with Gasteiger partial charge in [0.15, 0.2) is 0 Å². The monoisotopic (exact) mass is 421 g/mol. The van der Waals surface area contributed by atoms with E-state index in [2.05, 4.69) is 61.9 Å². The fourth-order valence-corrected chi connectivity index (χ4v) is 4.56. The fraction of sp³-hybridized carbons (Fsp3) is 0.250. The highest BCUT2D eigenvalue weighted by molar-refractivity contribution is 7.07. The number of hydrogen-bond acceptors (Lipinski definition) is 3. The Bertz CT molecular complexity index is 1120. The molecule has 1 aromatic heterocycles. The standard InChI is InChI=1S/C24H24ClN3S/c1-17-8-6-9-18(2)23(17)27-24-28(26-15-19-10-4-3-5-11-19)22(16-29-24)20-12-7-13-21(25)14-20/h3-4,6-9,12-16,19H,5,10-11H2,1-2H3/b26-15-,27-24?/t19-/m0/s1. The van der Waals surface area contributed by atoms with E-state index in [1.165, 1.54) is 0 Å². The van der Waals surface area contributed by atoms with E-state index in [1.54, 1.807) is 11.3 Å². The molecule has 1 atom stereocenters. The van der Waals surface area contributed by atoms with Gasteiger partial charge in [-0.05, 0) is 62.3 Å². The van der Waals surface area contributed by atoms with Crippen LogP contribution in [0.2, 0.25) is 5.02 Å². The van der Waals surface area contributed by atoms with Gasteiger partial charge in [0.25, 0.3) is 0 Å². The quantitative estimate of drug-likeness (QED) is 0.323. The molecule has 29 heavy (non-hydrogen) atoms. The summed E-state index contributed by atoms with van der Waals surface area (Å²) in [6, 6.07) is 14.2. The third-order valence-electron chi connectivity index (χ3n) is 5.16. The predicted molar refractivity (Wildman–Crippen MR) is 124 cm³/mol. The molecule has 1 aliphatic rings. The van der Waals surface area contributed by atoms with Crippen LogP contribution in [0.3, 0.4) is 0 Å². The van der Waals surface area contributed by atoms with Crippen molar-refractivity contribution in [3.8, 4) is 11.3 Å². The summed E-state index contributed by atoms with van der Waals surface area (Å²) in [4.78, 5) is 5.85. The SMILES string of the molecule is Cc1cccc(C)c1N=c1scc(-c2cccc(Cl)c2)n1/N=C\[C@H]1CC=CCC1. The zero-order valence-corrected chi connectivity index (χ0v) is 18.2. The third kappa shape index (κ3) is 4.60. The normalized spacial score (nSPS) is 17.3. The van der Waals surface area contributed by atoms with Crippen molar-refractivity contribution in [1.29, 1.82) is 0 Å². The average Bonchev–Trinajstić information content (AvgIpc) is 3.12. The first-order valence-electron chi connectivity index (χ1n) is 9.89. The van der Waals surface area contributed by atoms with Gasteiger partial charge in [-0.3, -0.25) is 0 Å². The maximum Gasteiger partial charge on any atom is 0.211 e. The molecule has 0 fully saturated rings. The van der Waals surface area contributed by atoms with E-state index in [-0.39, 0.29) is 0 Å². The number of hydrogen-bond donors (Lipinski definition) is 0. The van der Waals surface area contributed by atoms with Gasteiger partial charge < -0.3 is 0 Å². The van der Waals surface area contributed by atoms with Gasteiger partial charge in [-0.25, -0.2) is 9.67 Å². The first kappa shape index (κ1) is 19.9. The Morgan fingerprint density at radius 1 is 1.10 bits per heavy atom. The molecule has 0 saturated heterocycles. The highest BCUT2D eigenvalue weighted by Crippen LogP contribution is 2.26. The van der Waals surface area contributed by atoms with Crippen LogP contribution in [0.25, 0.3) is 11.3 Å². The van der Waals surface area contributed by atoms with Crippen molar-refractivity contribution in [1.82, 2.24) is 4.68 Å². The minimum atomic E-state index is 0.465. The number of allylic oxidation sites excluding steroid dienone is 2. The zero-order valence-electron chi connectivity index (χ0n) is 16.7. The molecule has 0 radical (unpaired) electrons.